The van der Waals surface area contributed by atoms with E-state index in [1.807, 2.05) is 0 Å². The lowest BCUT2D eigenvalue weighted by Crippen LogP contribution is -2.51. The molecular formula is C17H18ClN3O5S. The SMILES string of the molecule is COc1ccc(S(=O)(=O)N[C@@H](C)C(=O)NNC(=O)c2ccccc2Cl)cc1. The monoisotopic (exact) mass is 411 g/mol. The van der Waals surface area contributed by atoms with Gasteiger partial charge < -0.3 is 4.74 Å². The maximum atomic E-state index is 12.3. The van der Waals surface area contributed by atoms with E-state index in [-0.39, 0.29) is 15.5 Å². The Labute approximate surface area is 161 Å². The van der Waals surface area contributed by atoms with Crippen LogP contribution in [0, 0.1) is 0 Å². The Hall–Kier alpha value is -2.62. The first-order valence-corrected chi connectivity index (χ1v) is 9.62. The summed E-state index contributed by atoms with van der Waals surface area (Å²) < 4.78 is 31.8. The minimum Gasteiger partial charge on any atom is -0.497 e. The van der Waals surface area contributed by atoms with Gasteiger partial charge in [-0.15, -0.1) is 0 Å². The highest BCUT2D eigenvalue weighted by Gasteiger charge is 2.22. The van der Waals surface area contributed by atoms with Crippen LogP contribution in [0.25, 0.3) is 0 Å². The summed E-state index contributed by atoms with van der Waals surface area (Å²) in [5.74, 6) is -0.867. The van der Waals surface area contributed by atoms with Gasteiger partial charge in [0.25, 0.3) is 11.8 Å². The third kappa shape index (κ3) is 5.43. The quantitative estimate of drug-likeness (QED) is 0.623. The molecule has 0 aliphatic rings. The fourth-order valence-corrected chi connectivity index (χ4v) is 3.47. The molecule has 2 aromatic rings. The van der Waals surface area contributed by atoms with Crippen LogP contribution in [0.4, 0.5) is 0 Å². The molecule has 0 heterocycles. The van der Waals surface area contributed by atoms with Crippen molar-refractivity contribution in [1.82, 2.24) is 15.6 Å². The zero-order valence-corrected chi connectivity index (χ0v) is 16.1. The number of hydrogen-bond acceptors (Lipinski definition) is 5. The average molecular weight is 412 g/mol. The Balaban J connectivity index is 1.96. The first-order valence-electron chi connectivity index (χ1n) is 7.75. The molecule has 0 saturated heterocycles. The molecule has 0 aliphatic heterocycles. The number of hydrazine groups is 1. The van der Waals surface area contributed by atoms with Crippen LogP contribution in [0.3, 0.4) is 0 Å². The van der Waals surface area contributed by atoms with Crippen molar-refractivity contribution in [1.29, 1.82) is 0 Å². The normalized spacial score (nSPS) is 12.1. The highest BCUT2D eigenvalue weighted by Crippen LogP contribution is 2.16. The molecule has 0 radical (unpaired) electrons. The molecule has 8 nitrogen and oxygen atoms in total. The van der Waals surface area contributed by atoms with Crippen molar-refractivity contribution in [3.05, 3.63) is 59.1 Å². The summed E-state index contributed by atoms with van der Waals surface area (Å²) in [4.78, 5) is 24.0. The molecule has 0 bridgehead atoms. The van der Waals surface area contributed by atoms with Gasteiger partial charge in [-0.3, -0.25) is 20.4 Å². The van der Waals surface area contributed by atoms with E-state index in [2.05, 4.69) is 15.6 Å². The number of amides is 2. The predicted octanol–water partition coefficient (Wildman–Crippen LogP) is 1.48. The Morgan fingerprint density at radius 2 is 1.67 bits per heavy atom. The standard InChI is InChI=1S/C17H18ClN3O5S/c1-11(21-27(24,25)13-9-7-12(26-2)8-10-13)16(22)19-20-17(23)14-5-3-4-6-15(14)18/h3-11,21H,1-2H3,(H,19,22)(H,20,23)/t11-/m0/s1. The molecule has 1 atom stereocenters. The zero-order chi connectivity index (χ0) is 20.0. The molecule has 2 amide bonds. The van der Waals surface area contributed by atoms with Crippen LogP contribution in [0.15, 0.2) is 53.4 Å². The predicted molar refractivity (Wildman–Crippen MR) is 99.8 cm³/mol. The van der Waals surface area contributed by atoms with E-state index < -0.39 is 27.9 Å². The van der Waals surface area contributed by atoms with Gasteiger partial charge in [-0.05, 0) is 43.3 Å². The van der Waals surface area contributed by atoms with Gasteiger partial charge in [-0.1, -0.05) is 23.7 Å². The summed E-state index contributed by atoms with van der Waals surface area (Å²) >= 11 is 5.90. The second-order valence-corrected chi connectivity index (χ2v) is 7.56. The van der Waals surface area contributed by atoms with E-state index in [0.717, 1.165) is 0 Å². The molecule has 0 aromatic heterocycles. The third-order valence-electron chi connectivity index (χ3n) is 3.51. The molecule has 144 valence electrons. The van der Waals surface area contributed by atoms with Gasteiger partial charge in [0.15, 0.2) is 0 Å². The summed E-state index contributed by atoms with van der Waals surface area (Å²) in [7, 11) is -2.46. The van der Waals surface area contributed by atoms with Gasteiger partial charge >= 0.3 is 0 Å². The van der Waals surface area contributed by atoms with Crippen molar-refractivity contribution in [2.24, 2.45) is 0 Å². The van der Waals surface area contributed by atoms with Gasteiger partial charge in [0.2, 0.25) is 10.0 Å². The van der Waals surface area contributed by atoms with E-state index in [1.165, 1.54) is 50.4 Å². The Morgan fingerprint density at radius 1 is 1.04 bits per heavy atom. The molecule has 2 rings (SSSR count). The summed E-state index contributed by atoms with van der Waals surface area (Å²) in [6, 6.07) is 10.8. The minimum absolute atomic E-state index is 0.0250. The van der Waals surface area contributed by atoms with Gasteiger partial charge in [0.05, 0.1) is 28.6 Å². The van der Waals surface area contributed by atoms with E-state index >= 15 is 0 Å². The number of ether oxygens (including phenoxy) is 1. The first-order chi connectivity index (χ1) is 12.7. The van der Waals surface area contributed by atoms with Gasteiger partial charge in [-0.25, -0.2) is 8.42 Å². The minimum atomic E-state index is -3.93. The topological polar surface area (TPSA) is 114 Å². The van der Waals surface area contributed by atoms with Crippen molar-refractivity contribution in [2.75, 3.05) is 7.11 Å². The number of carbonyl (C=O) groups excluding carboxylic acids is 2. The number of benzene rings is 2. The molecule has 0 unspecified atom stereocenters. The second kappa shape index (κ2) is 8.85. The fraction of sp³-hybridized carbons (Fsp3) is 0.176. The van der Waals surface area contributed by atoms with E-state index in [1.54, 1.807) is 12.1 Å². The Morgan fingerprint density at radius 3 is 2.26 bits per heavy atom. The molecule has 3 N–H and O–H groups in total. The van der Waals surface area contributed by atoms with Gasteiger partial charge in [0.1, 0.15) is 5.75 Å². The molecule has 0 aliphatic carbocycles. The van der Waals surface area contributed by atoms with Crippen LogP contribution in [0.2, 0.25) is 5.02 Å². The summed E-state index contributed by atoms with van der Waals surface area (Å²) in [6.07, 6.45) is 0. The number of sulfonamides is 1. The number of halogens is 1. The summed E-state index contributed by atoms with van der Waals surface area (Å²) in [5, 5.41) is 0.220. The molecule has 10 heteroatoms. The molecule has 0 spiro atoms. The number of methoxy groups -OCH3 is 1. The summed E-state index contributed by atoms with van der Waals surface area (Å²) in [6.45, 7) is 1.35. The lowest BCUT2D eigenvalue weighted by Gasteiger charge is -2.15. The molecule has 2 aromatic carbocycles. The first kappa shape index (κ1) is 20.7. The average Bonchev–Trinajstić information content (AvgIpc) is 2.65. The van der Waals surface area contributed by atoms with Crippen molar-refractivity contribution in [2.45, 2.75) is 17.9 Å². The lowest BCUT2D eigenvalue weighted by molar-refractivity contribution is -0.123. The van der Waals surface area contributed by atoms with Gasteiger partial charge in [0, 0.05) is 0 Å². The maximum absolute atomic E-state index is 12.3. The van der Waals surface area contributed by atoms with Crippen molar-refractivity contribution >= 4 is 33.4 Å². The largest absolute Gasteiger partial charge is 0.497 e. The van der Waals surface area contributed by atoms with Crippen molar-refractivity contribution in [3.8, 4) is 5.75 Å². The van der Waals surface area contributed by atoms with Crippen molar-refractivity contribution in [3.63, 3.8) is 0 Å². The van der Waals surface area contributed by atoms with E-state index in [4.69, 9.17) is 16.3 Å². The molecule has 27 heavy (non-hydrogen) atoms. The van der Waals surface area contributed by atoms with Crippen LogP contribution in [-0.2, 0) is 14.8 Å². The van der Waals surface area contributed by atoms with E-state index in [0.29, 0.717) is 5.75 Å². The Kier molecular flexibility index (Phi) is 6.78. The van der Waals surface area contributed by atoms with Crippen LogP contribution < -0.4 is 20.3 Å². The van der Waals surface area contributed by atoms with E-state index in [9.17, 15) is 18.0 Å². The highest BCUT2D eigenvalue weighted by molar-refractivity contribution is 7.89. The second-order valence-electron chi connectivity index (χ2n) is 5.44. The molecule has 0 fully saturated rings. The molecular weight excluding hydrogens is 394 g/mol. The maximum Gasteiger partial charge on any atom is 0.271 e. The lowest BCUT2D eigenvalue weighted by atomic mass is 10.2. The van der Waals surface area contributed by atoms with Crippen LogP contribution in [0.1, 0.15) is 17.3 Å². The van der Waals surface area contributed by atoms with Crippen LogP contribution in [-0.4, -0.2) is 33.4 Å². The third-order valence-corrected chi connectivity index (χ3v) is 5.40. The van der Waals surface area contributed by atoms with Crippen LogP contribution >= 0.6 is 11.6 Å². The van der Waals surface area contributed by atoms with Crippen molar-refractivity contribution < 1.29 is 22.7 Å². The van der Waals surface area contributed by atoms with Crippen LogP contribution in [0.5, 0.6) is 5.75 Å². The Bertz CT molecular complexity index is 932. The summed E-state index contributed by atoms with van der Waals surface area (Å²) in [5.41, 5.74) is 4.52. The van der Waals surface area contributed by atoms with Gasteiger partial charge in [-0.2, -0.15) is 4.72 Å². The molecule has 0 saturated carbocycles. The fourth-order valence-electron chi connectivity index (χ4n) is 2.05. The number of carbonyl (C=O) groups is 2. The number of rotatable bonds is 6. The number of hydrogen-bond donors (Lipinski definition) is 3. The smallest absolute Gasteiger partial charge is 0.271 e. The highest BCUT2D eigenvalue weighted by atomic mass is 35.5. The zero-order valence-electron chi connectivity index (χ0n) is 14.5. The number of nitrogens with one attached hydrogen (secondary N) is 3.